The van der Waals surface area contributed by atoms with Gasteiger partial charge in [0.1, 0.15) is 0 Å². The molecule has 2 aromatic rings. The van der Waals surface area contributed by atoms with Gasteiger partial charge in [0.2, 0.25) is 0 Å². The Morgan fingerprint density at radius 3 is 1.72 bits per heavy atom. The summed E-state index contributed by atoms with van der Waals surface area (Å²) in [4.78, 5) is 11.4. The first-order valence-electron chi connectivity index (χ1n) is 9.10. The van der Waals surface area contributed by atoms with Gasteiger partial charge in [-0.15, -0.1) is 0 Å². The van der Waals surface area contributed by atoms with Crippen LogP contribution < -0.4 is 5.73 Å². The molecule has 1 aliphatic rings. The number of carboxylic acid groups (broad SMARTS) is 1. The second-order valence-electron chi connectivity index (χ2n) is 7.58. The number of carboxylic acids is 1. The molecule has 1 fully saturated rings. The van der Waals surface area contributed by atoms with Gasteiger partial charge in [0.05, 0.1) is 6.42 Å². The Bertz CT molecular complexity index is 634. The van der Waals surface area contributed by atoms with Crippen molar-refractivity contribution in [3.63, 3.8) is 0 Å². The molecule has 132 valence electrons. The van der Waals surface area contributed by atoms with Crippen LogP contribution in [0.5, 0.6) is 0 Å². The van der Waals surface area contributed by atoms with E-state index in [0.29, 0.717) is 18.4 Å². The Kier molecular flexibility index (Phi) is 5.54. The van der Waals surface area contributed by atoms with Crippen LogP contribution in [0.25, 0.3) is 0 Å². The number of benzene rings is 2. The molecule has 25 heavy (non-hydrogen) atoms. The van der Waals surface area contributed by atoms with E-state index in [1.807, 2.05) is 12.1 Å². The predicted octanol–water partition coefficient (Wildman–Crippen LogP) is 3.92. The average molecular weight is 337 g/mol. The highest BCUT2D eigenvalue weighted by molar-refractivity contribution is 5.67. The largest absolute Gasteiger partial charge is 0.481 e. The summed E-state index contributed by atoms with van der Waals surface area (Å²) in [5.74, 6) is 0.222. The molecule has 0 saturated heterocycles. The molecule has 3 N–H and O–H groups in total. The zero-order chi connectivity index (χ0) is 17.7. The molecule has 0 heterocycles. The Morgan fingerprint density at radius 2 is 1.36 bits per heavy atom. The zero-order valence-electron chi connectivity index (χ0n) is 14.6. The molecule has 2 aromatic carbocycles. The average Bonchev–Trinajstić information content (AvgIpc) is 2.93. The quantitative estimate of drug-likeness (QED) is 0.805. The van der Waals surface area contributed by atoms with Crippen LogP contribution in [0.15, 0.2) is 60.7 Å². The third-order valence-corrected chi connectivity index (χ3v) is 5.70. The van der Waals surface area contributed by atoms with Crippen molar-refractivity contribution in [3.05, 3.63) is 71.8 Å². The lowest BCUT2D eigenvalue weighted by Gasteiger charge is -2.25. The van der Waals surface area contributed by atoms with Gasteiger partial charge in [-0.3, -0.25) is 4.79 Å². The van der Waals surface area contributed by atoms with E-state index in [1.165, 1.54) is 11.1 Å². The van der Waals surface area contributed by atoms with E-state index >= 15 is 0 Å². The Hall–Kier alpha value is -2.13. The molecule has 0 bridgehead atoms. The van der Waals surface area contributed by atoms with E-state index in [2.05, 4.69) is 48.5 Å². The lowest BCUT2D eigenvalue weighted by atomic mass is 9.81. The maximum Gasteiger partial charge on any atom is 0.303 e. The van der Waals surface area contributed by atoms with E-state index in [9.17, 15) is 9.90 Å². The van der Waals surface area contributed by atoms with Gasteiger partial charge in [0.15, 0.2) is 0 Å². The minimum absolute atomic E-state index is 0.181. The van der Waals surface area contributed by atoms with Crippen molar-refractivity contribution in [3.8, 4) is 0 Å². The third kappa shape index (κ3) is 4.49. The highest BCUT2D eigenvalue weighted by Crippen LogP contribution is 2.49. The molecule has 0 radical (unpaired) electrons. The molecule has 0 aromatic heterocycles. The fourth-order valence-electron chi connectivity index (χ4n) is 4.54. The van der Waals surface area contributed by atoms with E-state index < -0.39 is 5.97 Å². The molecule has 0 aliphatic heterocycles. The lowest BCUT2D eigenvalue weighted by Crippen LogP contribution is -2.31. The number of hydrogen-bond acceptors (Lipinski definition) is 2. The van der Waals surface area contributed by atoms with Crippen LogP contribution in [0, 0.1) is 17.3 Å². The van der Waals surface area contributed by atoms with Crippen LogP contribution in [-0.2, 0) is 17.6 Å². The summed E-state index contributed by atoms with van der Waals surface area (Å²) in [5, 5.41) is 9.37. The van der Waals surface area contributed by atoms with Gasteiger partial charge >= 0.3 is 5.97 Å². The minimum Gasteiger partial charge on any atom is -0.481 e. The van der Waals surface area contributed by atoms with Crippen LogP contribution >= 0.6 is 0 Å². The zero-order valence-corrected chi connectivity index (χ0v) is 14.6. The van der Waals surface area contributed by atoms with E-state index in [1.54, 1.807) is 0 Å². The van der Waals surface area contributed by atoms with E-state index in [0.717, 1.165) is 25.7 Å². The van der Waals surface area contributed by atoms with Crippen molar-refractivity contribution in [1.82, 2.24) is 0 Å². The Labute approximate surface area is 149 Å². The SMILES string of the molecule is NCC1(CC(=O)O)CC(Cc2ccccc2)C(Cc2ccccc2)C1. The number of aliphatic carboxylic acids is 1. The first-order valence-corrected chi connectivity index (χ1v) is 9.10. The fourth-order valence-corrected chi connectivity index (χ4v) is 4.54. The molecule has 3 rings (SSSR count). The van der Waals surface area contributed by atoms with Crippen LogP contribution in [0.3, 0.4) is 0 Å². The second-order valence-corrected chi connectivity index (χ2v) is 7.58. The maximum absolute atomic E-state index is 11.4. The summed E-state index contributed by atoms with van der Waals surface area (Å²) in [6.45, 7) is 0.454. The molecule has 2 atom stereocenters. The van der Waals surface area contributed by atoms with Gasteiger partial charge in [-0.25, -0.2) is 0 Å². The van der Waals surface area contributed by atoms with Crippen LogP contribution in [0.4, 0.5) is 0 Å². The molecule has 1 saturated carbocycles. The van der Waals surface area contributed by atoms with Crippen molar-refractivity contribution >= 4 is 5.97 Å². The molecular formula is C22H27NO2. The maximum atomic E-state index is 11.4. The summed E-state index contributed by atoms with van der Waals surface area (Å²) in [6.07, 6.45) is 3.99. The highest BCUT2D eigenvalue weighted by Gasteiger charge is 2.45. The number of hydrogen-bond donors (Lipinski definition) is 2. The van der Waals surface area contributed by atoms with Crippen molar-refractivity contribution in [2.24, 2.45) is 23.0 Å². The first-order chi connectivity index (χ1) is 12.1. The summed E-state index contributed by atoms with van der Waals surface area (Å²) >= 11 is 0. The van der Waals surface area contributed by atoms with Gasteiger partial charge in [-0.2, -0.15) is 0 Å². The third-order valence-electron chi connectivity index (χ3n) is 5.70. The molecule has 0 spiro atoms. The topological polar surface area (TPSA) is 63.3 Å². The highest BCUT2D eigenvalue weighted by atomic mass is 16.4. The van der Waals surface area contributed by atoms with Gasteiger partial charge in [0, 0.05) is 0 Å². The smallest absolute Gasteiger partial charge is 0.303 e. The number of nitrogens with two attached hydrogens (primary N) is 1. The van der Waals surface area contributed by atoms with Gasteiger partial charge in [-0.1, -0.05) is 60.7 Å². The number of rotatable bonds is 7. The van der Waals surface area contributed by atoms with Crippen molar-refractivity contribution in [2.45, 2.75) is 32.1 Å². The summed E-state index contributed by atoms with van der Waals surface area (Å²) in [5.41, 5.74) is 8.46. The van der Waals surface area contributed by atoms with Crippen LogP contribution in [0.1, 0.15) is 30.4 Å². The minimum atomic E-state index is -0.732. The number of carbonyl (C=O) groups is 1. The predicted molar refractivity (Wildman–Crippen MR) is 100 cm³/mol. The summed E-state index contributed by atoms with van der Waals surface area (Å²) < 4.78 is 0. The van der Waals surface area contributed by atoms with Gasteiger partial charge < -0.3 is 10.8 Å². The molecule has 1 aliphatic carbocycles. The molecule has 2 unspecified atom stereocenters. The molecule has 3 heteroatoms. The molecule has 0 amide bonds. The normalized spacial score (nSPS) is 25.8. The monoisotopic (exact) mass is 337 g/mol. The van der Waals surface area contributed by atoms with E-state index in [4.69, 9.17) is 5.73 Å². The molecular weight excluding hydrogens is 310 g/mol. The summed E-state index contributed by atoms with van der Waals surface area (Å²) in [6, 6.07) is 21.0. The second kappa shape index (κ2) is 7.83. The lowest BCUT2D eigenvalue weighted by molar-refractivity contribution is -0.139. The van der Waals surface area contributed by atoms with Gasteiger partial charge in [0.25, 0.3) is 0 Å². The molecule has 3 nitrogen and oxygen atoms in total. The van der Waals surface area contributed by atoms with Crippen molar-refractivity contribution < 1.29 is 9.90 Å². The van der Waals surface area contributed by atoms with Crippen LogP contribution in [-0.4, -0.2) is 17.6 Å². The fraction of sp³-hybridized carbons (Fsp3) is 0.409. The summed E-state index contributed by atoms with van der Waals surface area (Å²) in [7, 11) is 0. The van der Waals surface area contributed by atoms with Crippen molar-refractivity contribution in [2.75, 3.05) is 6.54 Å². The van der Waals surface area contributed by atoms with Gasteiger partial charge in [-0.05, 0) is 60.6 Å². The van der Waals surface area contributed by atoms with E-state index in [-0.39, 0.29) is 11.8 Å². The van der Waals surface area contributed by atoms with Crippen molar-refractivity contribution in [1.29, 1.82) is 0 Å². The standard InChI is InChI=1S/C22H27NO2/c23-16-22(15-21(24)25)13-19(11-17-7-3-1-4-8-17)20(14-22)12-18-9-5-2-6-10-18/h1-10,19-20H,11-16,23H2,(H,24,25). The van der Waals surface area contributed by atoms with Crippen LogP contribution in [0.2, 0.25) is 0 Å². The first kappa shape index (κ1) is 17.7. The Morgan fingerprint density at radius 1 is 0.920 bits per heavy atom. The Balaban J connectivity index is 1.81.